The van der Waals surface area contributed by atoms with Gasteiger partial charge in [-0.3, -0.25) is 14.4 Å². The molecule has 3 amide bonds. The summed E-state index contributed by atoms with van der Waals surface area (Å²) in [5.41, 5.74) is 2.65. The Balaban J connectivity index is 1.62. The van der Waals surface area contributed by atoms with Crippen molar-refractivity contribution in [1.29, 1.82) is 0 Å². The van der Waals surface area contributed by atoms with Gasteiger partial charge in [0.2, 0.25) is 11.8 Å². The molecule has 0 bridgehead atoms. The average molecular weight is 483 g/mol. The predicted octanol–water partition coefficient (Wildman–Crippen LogP) is 5.00. The van der Waals surface area contributed by atoms with E-state index in [1.165, 1.54) is 4.90 Å². The molecule has 1 saturated carbocycles. The van der Waals surface area contributed by atoms with Crippen LogP contribution in [0.4, 0.5) is 5.69 Å². The molecule has 2 aliphatic rings. The van der Waals surface area contributed by atoms with Crippen molar-refractivity contribution in [2.75, 3.05) is 4.90 Å². The van der Waals surface area contributed by atoms with E-state index in [2.05, 4.69) is 15.9 Å². The van der Waals surface area contributed by atoms with Crippen LogP contribution in [0.1, 0.15) is 49.7 Å². The second kappa shape index (κ2) is 9.35. The SMILES string of the molecule is Cc1ccc(CN(C(=O)C2CCCCC2)C2CC(=O)N(c3ccc(Br)cc3)C2=O)cc1. The molecule has 1 heterocycles. The topological polar surface area (TPSA) is 57.7 Å². The van der Waals surface area contributed by atoms with Gasteiger partial charge in [0.1, 0.15) is 6.04 Å². The molecule has 1 saturated heterocycles. The van der Waals surface area contributed by atoms with E-state index >= 15 is 0 Å². The minimum atomic E-state index is -0.758. The van der Waals surface area contributed by atoms with Crippen LogP contribution in [0.5, 0.6) is 0 Å². The summed E-state index contributed by atoms with van der Waals surface area (Å²) in [5, 5.41) is 0. The van der Waals surface area contributed by atoms with Crippen LogP contribution in [0.25, 0.3) is 0 Å². The van der Waals surface area contributed by atoms with Gasteiger partial charge in [-0.25, -0.2) is 4.90 Å². The number of aryl methyl sites for hydroxylation is 1. The van der Waals surface area contributed by atoms with Crippen molar-refractivity contribution in [2.45, 2.75) is 58.0 Å². The Kier molecular flexibility index (Phi) is 6.56. The van der Waals surface area contributed by atoms with Crippen LogP contribution in [-0.2, 0) is 20.9 Å². The molecular weight excluding hydrogens is 456 g/mol. The molecule has 0 aromatic heterocycles. The highest BCUT2D eigenvalue weighted by molar-refractivity contribution is 9.10. The van der Waals surface area contributed by atoms with Gasteiger partial charge in [0.25, 0.3) is 5.91 Å². The van der Waals surface area contributed by atoms with E-state index < -0.39 is 6.04 Å². The Hall–Kier alpha value is -2.47. The molecule has 31 heavy (non-hydrogen) atoms. The van der Waals surface area contributed by atoms with Crippen LogP contribution in [0.2, 0.25) is 0 Å². The Morgan fingerprint density at radius 3 is 2.29 bits per heavy atom. The quantitative estimate of drug-likeness (QED) is 0.563. The molecule has 2 aromatic carbocycles. The lowest BCUT2D eigenvalue weighted by Gasteiger charge is -2.32. The van der Waals surface area contributed by atoms with Crippen molar-refractivity contribution in [3.05, 3.63) is 64.1 Å². The van der Waals surface area contributed by atoms with E-state index in [0.717, 1.165) is 47.7 Å². The van der Waals surface area contributed by atoms with Crippen LogP contribution in [0.15, 0.2) is 53.0 Å². The molecule has 1 atom stereocenters. The lowest BCUT2D eigenvalue weighted by Crippen LogP contribution is -2.47. The van der Waals surface area contributed by atoms with E-state index in [1.807, 2.05) is 31.2 Å². The molecule has 2 fully saturated rings. The number of halogens is 1. The van der Waals surface area contributed by atoms with Crippen LogP contribution >= 0.6 is 15.9 Å². The van der Waals surface area contributed by atoms with Crippen molar-refractivity contribution in [2.24, 2.45) is 5.92 Å². The number of anilines is 1. The van der Waals surface area contributed by atoms with Gasteiger partial charge < -0.3 is 4.90 Å². The molecule has 0 spiro atoms. The van der Waals surface area contributed by atoms with E-state index in [4.69, 9.17) is 0 Å². The summed E-state index contributed by atoms with van der Waals surface area (Å²) in [6.45, 7) is 2.36. The van der Waals surface area contributed by atoms with Gasteiger partial charge in [-0.15, -0.1) is 0 Å². The van der Waals surface area contributed by atoms with Gasteiger partial charge in [0, 0.05) is 16.9 Å². The highest BCUT2D eigenvalue weighted by Crippen LogP contribution is 2.31. The smallest absolute Gasteiger partial charge is 0.257 e. The molecule has 1 unspecified atom stereocenters. The van der Waals surface area contributed by atoms with Gasteiger partial charge in [-0.2, -0.15) is 0 Å². The maximum absolute atomic E-state index is 13.5. The normalized spacial score (nSPS) is 19.7. The number of nitrogens with zero attached hydrogens (tertiary/aromatic N) is 2. The number of benzene rings is 2. The van der Waals surface area contributed by atoms with Crippen molar-refractivity contribution in [1.82, 2.24) is 4.90 Å². The van der Waals surface area contributed by atoms with E-state index in [-0.39, 0.29) is 30.1 Å². The van der Waals surface area contributed by atoms with Crippen molar-refractivity contribution in [3.8, 4) is 0 Å². The number of carbonyl (C=O) groups is 3. The fraction of sp³-hybridized carbons (Fsp3) is 0.400. The summed E-state index contributed by atoms with van der Waals surface area (Å²) in [6, 6.07) is 14.3. The number of hydrogen-bond acceptors (Lipinski definition) is 3. The number of hydrogen-bond donors (Lipinski definition) is 0. The second-order valence-corrected chi connectivity index (χ2v) is 9.47. The predicted molar refractivity (Wildman–Crippen MR) is 123 cm³/mol. The fourth-order valence-corrected chi connectivity index (χ4v) is 4.80. The highest BCUT2D eigenvalue weighted by atomic mass is 79.9. The van der Waals surface area contributed by atoms with Gasteiger partial charge >= 0.3 is 0 Å². The Morgan fingerprint density at radius 2 is 1.65 bits per heavy atom. The second-order valence-electron chi connectivity index (χ2n) is 8.55. The Morgan fingerprint density at radius 1 is 1.00 bits per heavy atom. The van der Waals surface area contributed by atoms with Crippen LogP contribution in [-0.4, -0.2) is 28.7 Å². The van der Waals surface area contributed by atoms with Crippen LogP contribution in [0.3, 0.4) is 0 Å². The molecule has 0 N–H and O–H groups in total. The van der Waals surface area contributed by atoms with Crippen LogP contribution in [0, 0.1) is 12.8 Å². The Bertz CT molecular complexity index is 965. The summed E-state index contributed by atoms with van der Waals surface area (Å²) >= 11 is 3.38. The van der Waals surface area contributed by atoms with Crippen molar-refractivity contribution >= 4 is 39.3 Å². The van der Waals surface area contributed by atoms with Crippen molar-refractivity contribution < 1.29 is 14.4 Å². The van der Waals surface area contributed by atoms with Gasteiger partial charge in [-0.05, 0) is 49.6 Å². The summed E-state index contributed by atoms with van der Waals surface area (Å²) in [6.07, 6.45) is 4.97. The summed E-state index contributed by atoms with van der Waals surface area (Å²) < 4.78 is 0.875. The van der Waals surface area contributed by atoms with Gasteiger partial charge in [0.15, 0.2) is 0 Å². The number of amides is 3. The average Bonchev–Trinajstić information content (AvgIpc) is 3.08. The van der Waals surface area contributed by atoms with Gasteiger partial charge in [-0.1, -0.05) is 65.0 Å². The van der Waals surface area contributed by atoms with Crippen molar-refractivity contribution in [3.63, 3.8) is 0 Å². The minimum absolute atomic E-state index is 0.00378. The van der Waals surface area contributed by atoms with Gasteiger partial charge in [0.05, 0.1) is 12.1 Å². The third kappa shape index (κ3) is 4.74. The molecule has 1 aliphatic carbocycles. The lowest BCUT2D eigenvalue weighted by molar-refractivity contribution is -0.143. The molecule has 5 nitrogen and oxygen atoms in total. The lowest BCUT2D eigenvalue weighted by atomic mass is 9.87. The monoisotopic (exact) mass is 482 g/mol. The number of imide groups is 1. The van der Waals surface area contributed by atoms with Crippen LogP contribution < -0.4 is 4.90 Å². The number of carbonyl (C=O) groups excluding carboxylic acids is 3. The molecule has 2 aromatic rings. The Labute approximate surface area is 191 Å². The minimum Gasteiger partial charge on any atom is -0.326 e. The number of rotatable bonds is 5. The summed E-state index contributed by atoms with van der Waals surface area (Å²) in [4.78, 5) is 42.6. The maximum atomic E-state index is 13.5. The van der Waals surface area contributed by atoms with E-state index in [1.54, 1.807) is 29.2 Å². The van der Waals surface area contributed by atoms with E-state index in [9.17, 15) is 14.4 Å². The maximum Gasteiger partial charge on any atom is 0.257 e. The third-order valence-corrected chi connectivity index (χ3v) is 6.82. The summed E-state index contributed by atoms with van der Waals surface area (Å²) in [5.74, 6) is -0.640. The zero-order chi connectivity index (χ0) is 22.0. The largest absolute Gasteiger partial charge is 0.326 e. The fourth-order valence-electron chi connectivity index (χ4n) is 4.54. The molecule has 0 radical (unpaired) electrons. The zero-order valence-corrected chi connectivity index (χ0v) is 19.3. The molecular formula is C25H27BrN2O3. The standard InChI is InChI=1S/C25H27BrN2O3/c1-17-7-9-18(10-8-17)16-27(24(30)19-5-3-2-4-6-19)22-15-23(29)28(25(22)31)21-13-11-20(26)12-14-21/h7-14,19,22H,2-6,15-16H2,1H3. The third-order valence-electron chi connectivity index (χ3n) is 6.29. The summed E-state index contributed by atoms with van der Waals surface area (Å²) in [7, 11) is 0. The molecule has 1 aliphatic heterocycles. The molecule has 4 rings (SSSR count). The first-order valence-electron chi connectivity index (χ1n) is 10.9. The highest BCUT2D eigenvalue weighted by Gasteiger charge is 2.45. The molecule has 6 heteroatoms. The van der Waals surface area contributed by atoms with E-state index in [0.29, 0.717) is 12.2 Å². The first-order chi connectivity index (χ1) is 14.9. The molecule has 162 valence electrons. The first kappa shape index (κ1) is 21.8. The zero-order valence-electron chi connectivity index (χ0n) is 17.7. The first-order valence-corrected chi connectivity index (χ1v) is 11.7.